The van der Waals surface area contributed by atoms with Crippen LogP contribution in [0.5, 0.6) is 5.88 Å². The van der Waals surface area contributed by atoms with Crippen molar-refractivity contribution in [1.29, 1.82) is 0 Å². The molecular weight excluding hydrogens is 220 g/mol. The van der Waals surface area contributed by atoms with Gasteiger partial charge >= 0.3 is 5.97 Å². The monoisotopic (exact) mass is 238 g/mol. The van der Waals surface area contributed by atoms with Crippen LogP contribution in [0.2, 0.25) is 0 Å². The van der Waals surface area contributed by atoms with Crippen molar-refractivity contribution in [2.45, 2.75) is 32.8 Å². The third kappa shape index (κ3) is 3.62. The van der Waals surface area contributed by atoms with E-state index in [9.17, 15) is 4.79 Å². The molecule has 0 aromatic carbocycles. The highest BCUT2D eigenvalue weighted by Crippen LogP contribution is 2.21. The number of hydrogen-bond acceptors (Lipinski definition) is 5. The van der Waals surface area contributed by atoms with E-state index in [2.05, 4.69) is 16.6 Å². The van der Waals surface area contributed by atoms with Gasteiger partial charge in [0.1, 0.15) is 0 Å². The van der Waals surface area contributed by atoms with E-state index in [4.69, 9.17) is 10.5 Å². The predicted molar refractivity (Wildman–Crippen MR) is 65.0 cm³/mol. The number of carbonyl (C=O) groups is 1. The smallest absolute Gasteiger partial charge is 0.356 e. The summed E-state index contributed by atoms with van der Waals surface area (Å²) in [5.41, 5.74) is 6.35. The fourth-order valence-electron chi connectivity index (χ4n) is 1.42. The molecule has 0 saturated carbocycles. The molecule has 0 radical (unpaired) electrons. The molecule has 0 saturated heterocycles. The Labute approximate surface area is 101 Å². The summed E-state index contributed by atoms with van der Waals surface area (Å²) in [6.45, 7) is 4.01. The molecular formula is C12H18N2O3. The molecule has 0 aliphatic heterocycles. The Morgan fingerprint density at radius 3 is 2.82 bits per heavy atom. The molecule has 94 valence electrons. The van der Waals surface area contributed by atoms with Gasteiger partial charge in [0.15, 0.2) is 5.69 Å². The number of aromatic nitrogens is 1. The summed E-state index contributed by atoms with van der Waals surface area (Å²) in [7, 11) is 1.31. The maximum absolute atomic E-state index is 11.3. The lowest BCUT2D eigenvalue weighted by Gasteiger charge is -2.14. The van der Waals surface area contributed by atoms with Gasteiger partial charge in [0.25, 0.3) is 0 Å². The van der Waals surface area contributed by atoms with E-state index in [-0.39, 0.29) is 17.7 Å². The number of pyridine rings is 1. The number of hydrogen-bond donors (Lipinski definition) is 1. The van der Waals surface area contributed by atoms with Crippen LogP contribution in [-0.2, 0) is 4.74 Å². The van der Waals surface area contributed by atoms with Gasteiger partial charge in [-0.2, -0.15) is 0 Å². The highest BCUT2D eigenvalue weighted by atomic mass is 16.5. The molecule has 1 aromatic heterocycles. The number of rotatable bonds is 5. The summed E-state index contributed by atoms with van der Waals surface area (Å²) in [4.78, 5) is 15.4. The molecule has 5 nitrogen and oxygen atoms in total. The summed E-state index contributed by atoms with van der Waals surface area (Å²) in [5.74, 6) is -0.216. The normalized spacial score (nSPS) is 11.9. The van der Waals surface area contributed by atoms with Gasteiger partial charge in [0, 0.05) is 0 Å². The van der Waals surface area contributed by atoms with Gasteiger partial charge in [0.05, 0.1) is 18.9 Å². The number of ether oxygens (including phenoxy) is 2. The minimum absolute atomic E-state index is 0.0164. The topological polar surface area (TPSA) is 74.4 Å². The largest absolute Gasteiger partial charge is 0.473 e. The average molecular weight is 238 g/mol. The van der Waals surface area contributed by atoms with Crippen LogP contribution in [0.4, 0.5) is 5.69 Å². The number of anilines is 1. The fraction of sp³-hybridized carbons (Fsp3) is 0.500. The third-order valence-electron chi connectivity index (χ3n) is 2.29. The van der Waals surface area contributed by atoms with Gasteiger partial charge in [-0.1, -0.05) is 13.3 Å². The quantitative estimate of drug-likeness (QED) is 0.794. The van der Waals surface area contributed by atoms with E-state index in [1.54, 1.807) is 6.07 Å². The molecule has 1 rings (SSSR count). The fourth-order valence-corrected chi connectivity index (χ4v) is 1.42. The molecule has 1 aromatic rings. The molecule has 0 fully saturated rings. The molecule has 0 aliphatic carbocycles. The van der Waals surface area contributed by atoms with E-state index in [1.165, 1.54) is 13.2 Å². The first-order valence-corrected chi connectivity index (χ1v) is 5.60. The Morgan fingerprint density at radius 2 is 2.24 bits per heavy atom. The zero-order chi connectivity index (χ0) is 12.8. The summed E-state index contributed by atoms with van der Waals surface area (Å²) >= 11 is 0. The molecule has 17 heavy (non-hydrogen) atoms. The number of esters is 1. The second-order valence-electron chi connectivity index (χ2n) is 3.80. The summed E-state index contributed by atoms with van der Waals surface area (Å²) < 4.78 is 10.2. The summed E-state index contributed by atoms with van der Waals surface area (Å²) in [6.07, 6.45) is 1.93. The molecule has 0 bridgehead atoms. The molecule has 0 aliphatic rings. The van der Waals surface area contributed by atoms with Crippen LogP contribution in [0.25, 0.3) is 0 Å². The van der Waals surface area contributed by atoms with Crippen LogP contribution in [0, 0.1) is 0 Å². The van der Waals surface area contributed by atoms with Gasteiger partial charge in [-0.15, -0.1) is 0 Å². The van der Waals surface area contributed by atoms with Crippen molar-refractivity contribution in [2.75, 3.05) is 12.8 Å². The number of nitrogens with zero attached hydrogens (tertiary/aromatic N) is 1. The van der Waals surface area contributed by atoms with E-state index >= 15 is 0 Å². The van der Waals surface area contributed by atoms with Crippen LogP contribution in [-0.4, -0.2) is 24.2 Å². The van der Waals surface area contributed by atoms with Gasteiger partial charge in [-0.05, 0) is 25.5 Å². The zero-order valence-electron chi connectivity index (χ0n) is 10.4. The minimum Gasteiger partial charge on any atom is -0.473 e. The molecule has 0 amide bonds. The Morgan fingerprint density at radius 1 is 1.53 bits per heavy atom. The van der Waals surface area contributed by atoms with E-state index in [1.807, 2.05) is 6.92 Å². The van der Waals surface area contributed by atoms with Crippen molar-refractivity contribution >= 4 is 11.7 Å². The lowest BCUT2D eigenvalue weighted by molar-refractivity contribution is 0.0592. The summed E-state index contributed by atoms with van der Waals surface area (Å²) in [5, 5.41) is 0. The second kappa shape index (κ2) is 6.08. The maximum Gasteiger partial charge on any atom is 0.356 e. The Hall–Kier alpha value is -1.78. The van der Waals surface area contributed by atoms with Crippen molar-refractivity contribution in [3.63, 3.8) is 0 Å². The van der Waals surface area contributed by atoms with E-state index < -0.39 is 5.97 Å². The van der Waals surface area contributed by atoms with Crippen LogP contribution < -0.4 is 10.5 Å². The molecule has 0 spiro atoms. The van der Waals surface area contributed by atoms with Crippen LogP contribution in [0.15, 0.2) is 12.1 Å². The minimum atomic E-state index is -0.502. The van der Waals surface area contributed by atoms with E-state index in [0.717, 1.165) is 12.8 Å². The van der Waals surface area contributed by atoms with Gasteiger partial charge in [-0.3, -0.25) is 0 Å². The zero-order valence-corrected chi connectivity index (χ0v) is 10.4. The van der Waals surface area contributed by atoms with Gasteiger partial charge in [0.2, 0.25) is 5.88 Å². The number of nitrogens with two attached hydrogens (primary N) is 1. The Balaban J connectivity index is 2.86. The molecule has 1 unspecified atom stereocenters. The van der Waals surface area contributed by atoms with Crippen molar-refractivity contribution in [1.82, 2.24) is 4.98 Å². The van der Waals surface area contributed by atoms with Crippen LogP contribution in [0.3, 0.4) is 0 Å². The number of methoxy groups -OCH3 is 1. The Bertz CT molecular complexity index is 393. The lowest BCUT2D eigenvalue weighted by Crippen LogP contribution is -2.15. The Kier molecular flexibility index (Phi) is 4.75. The molecule has 5 heteroatoms. The molecule has 1 heterocycles. The van der Waals surface area contributed by atoms with Gasteiger partial charge < -0.3 is 15.2 Å². The SMILES string of the molecule is CCCC(C)Oc1nc(C(=O)OC)ccc1N. The highest BCUT2D eigenvalue weighted by molar-refractivity contribution is 5.87. The van der Waals surface area contributed by atoms with Gasteiger partial charge in [-0.25, -0.2) is 9.78 Å². The highest BCUT2D eigenvalue weighted by Gasteiger charge is 2.13. The van der Waals surface area contributed by atoms with Crippen LogP contribution >= 0.6 is 0 Å². The molecule has 1 atom stereocenters. The second-order valence-corrected chi connectivity index (χ2v) is 3.80. The van der Waals surface area contributed by atoms with E-state index in [0.29, 0.717) is 5.69 Å². The first-order valence-electron chi connectivity index (χ1n) is 5.60. The summed E-state index contributed by atoms with van der Waals surface area (Å²) in [6, 6.07) is 3.10. The third-order valence-corrected chi connectivity index (χ3v) is 2.29. The number of carbonyl (C=O) groups excluding carboxylic acids is 1. The van der Waals surface area contributed by atoms with Crippen molar-refractivity contribution in [2.24, 2.45) is 0 Å². The first kappa shape index (κ1) is 13.3. The molecule has 2 N–H and O–H groups in total. The van der Waals surface area contributed by atoms with Crippen molar-refractivity contribution in [3.8, 4) is 5.88 Å². The predicted octanol–water partition coefficient (Wildman–Crippen LogP) is 2.02. The maximum atomic E-state index is 11.3. The first-order chi connectivity index (χ1) is 8.08. The lowest BCUT2D eigenvalue weighted by atomic mass is 10.2. The van der Waals surface area contributed by atoms with Crippen molar-refractivity contribution in [3.05, 3.63) is 17.8 Å². The van der Waals surface area contributed by atoms with Crippen LogP contribution in [0.1, 0.15) is 37.2 Å². The van der Waals surface area contributed by atoms with Crippen molar-refractivity contribution < 1.29 is 14.3 Å². The number of nitrogen functional groups attached to an aromatic ring is 1. The standard InChI is InChI=1S/C12H18N2O3/c1-4-5-8(2)17-11-9(13)6-7-10(14-11)12(15)16-3/h6-8H,4-5,13H2,1-3H3. The average Bonchev–Trinajstić information content (AvgIpc) is 2.31.